The Hall–Kier alpha value is -1.65. The Morgan fingerprint density at radius 1 is 1.08 bits per heavy atom. The molecule has 0 bridgehead atoms. The predicted octanol–water partition coefficient (Wildman–Crippen LogP) is 6.03. The van der Waals surface area contributed by atoms with Crippen LogP contribution in [0.3, 0.4) is 0 Å². The van der Waals surface area contributed by atoms with Gasteiger partial charge < -0.3 is 4.57 Å². The van der Waals surface area contributed by atoms with Crippen molar-refractivity contribution < 1.29 is 0 Å². The van der Waals surface area contributed by atoms with Crippen molar-refractivity contribution in [3.63, 3.8) is 0 Å². The van der Waals surface area contributed by atoms with E-state index < -0.39 is 0 Å². The second-order valence-corrected chi connectivity index (χ2v) is 7.02. The SMILES string of the molecule is CCc1nc2c(-c3ccc(Cl)cc3Cl)nnc(C)c2n1C(CC)CC. The average Bonchev–Trinajstić information content (AvgIpc) is 2.98. The summed E-state index contributed by atoms with van der Waals surface area (Å²) in [5.41, 5.74) is 4.33. The quantitative estimate of drug-likeness (QED) is 0.545. The Morgan fingerprint density at radius 2 is 1.80 bits per heavy atom. The molecule has 0 saturated heterocycles. The summed E-state index contributed by atoms with van der Waals surface area (Å²) in [5, 5.41) is 9.97. The first kappa shape index (κ1) is 18.2. The number of aryl methyl sites for hydroxylation is 2. The van der Waals surface area contributed by atoms with Gasteiger partial charge in [-0.2, -0.15) is 5.10 Å². The highest BCUT2D eigenvalue weighted by Crippen LogP contribution is 2.35. The number of fused-ring (bicyclic) bond motifs is 1. The van der Waals surface area contributed by atoms with Crippen LogP contribution in [0.1, 0.15) is 51.2 Å². The standard InChI is InChI=1S/C19H22Cl2N4/c1-5-13(6-2)25-16(7-3)22-18-17(24-23-11(4)19(18)25)14-9-8-12(20)10-15(14)21/h8-10,13H,5-7H2,1-4H3. The van der Waals surface area contributed by atoms with Crippen molar-refractivity contribution in [2.45, 2.75) is 53.0 Å². The van der Waals surface area contributed by atoms with Gasteiger partial charge in [0.2, 0.25) is 0 Å². The van der Waals surface area contributed by atoms with Crippen molar-refractivity contribution in [1.82, 2.24) is 19.7 Å². The highest BCUT2D eigenvalue weighted by molar-refractivity contribution is 6.36. The van der Waals surface area contributed by atoms with Gasteiger partial charge in [0, 0.05) is 23.0 Å². The van der Waals surface area contributed by atoms with Crippen molar-refractivity contribution in [2.75, 3.05) is 0 Å². The Labute approximate surface area is 158 Å². The molecule has 0 atom stereocenters. The molecular weight excluding hydrogens is 355 g/mol. The molecule has 2 heterocycles. The first-order chi connectivity index (χ1) is 12.0. The van der Waals surface area contributed by atoms with Gasteiger partial charge in [-0.05, 0) is 38.0 Å². The molecular formula is C19H22Cl2N4. The number of benzene rings is 1. The van der Waals surface area contributed by atoms with Crippen LogP contribution in [0, 0.1) is 6.92 Å². The van der Waals surface area contributed by atoms with E-state index in [4.69, 9.17) is 28.2 Å². The molecule has 0 aliphatic carbocycles. The third kappa shape index (κ3) is 3.13. The summed E-state index contributed by atoms with van der Waals surface area (Å²) in [6.45, 7) is 8.54. The maximum absolute atomic E-state index is 6.41. The second kappa shape index (κ2) is 7.30. The van der Waals surface area contributed by atoms with Crippen molar-refractivity contribution in [2.24, 2.45) is 0 Å². The number of hydrogen-bond donors (Lipinski definition) is 0. The van der Waals surface area contributed by atoms with Gasteiger partial charge in [-0.25, -0.2) is 4.98 Å². The van der Waals surface area contributed by atoms with E-state index >= 15 is 0 Å². The molecule has 3 rings (SSSR count). The summed E-state index contributed by atoms with van der Waals surface area (Å²) in [6.07, 6.45) is 2.96. The Morgan fingerprint density at radius 3 is 2.40 bits per heavy atom. The van der Waals surface area contributed by atoms with Gasteiger partial charge in [0.15, 0.2) is 0 Å². The van der Waals surface area contributed by atoms with Crippen molar-refractivity contribution in [3.8, 4) is 11.3 Å². The third-order valence-corrected chi connectivity index (χ3v) is 5.21. The van der Waals surface area contributed by atoms with Crippen LogP contribution in [-0.2, 0) is 6.42 Å². The lowest BCUT2D eigenvalue weighted by atomic mass is 10.1. The third-order valence-electron chi connectivity index (χ3n) is 4.66. The number of nitrogens with zero attached hydrogens (tertiary/aromatic N) is 4. The van der Waals surface area contributed by atoms with Gasteiger partial charge in [0.25, 0.3) is 0 Å². The molecule has 132 valence electrons. The first-order valence-electron chi connectivity index (χ1n) is 8.71. The molecule has 0 saturated carbocycles. The molecule has 1 aromatic carbocycles. The van der Waals surface area contributed by atoms with Crippen LogP contribution < -0.4 is 0 Å². The van der Waals surface area contributed by atoms with E-state index in [2.05, 4.69) is 35.5 Å². The maximum Gasteiger partial charge on any atom is 0.122 e. The molecule has 0 spiro atoms. The molecule has 0 radical (unpaired) electrons. The van der Waals surface area contributed by atoms with Crippen molar-refractivity contribution in [1.29, 1.82) is 0 Å². The van der Waals surface area contributed by atoms with Crippen LogP contribution in [0.2, 0.25) is 10.0 Å². The molecule has 3 aromatic rings. The highest BCUT2D eigenvalue weighted by Gasteiger charge is 2.22. The number of rotatable bonds is 5. The molecule has 2 aromatic heterocycles. The number of imidazole rings is 1. The van der Waals surface area contributed by atoms with Crippen LogP contribution in [0.5, 0.6) is 0 Å². The zero-order chi connectivity index (χ0) is 18.1. The summed E-state index contributed by atoms with van der Waals surface area (Å²) >= 11 is 12.5. The van der Waals surface area contributed by atoms with E-state index in [1.165, 1.54) is 0 Å². The molecule has 6 heteroatoms. The van der Waals surface area contributed by atoms with Gasteiger partial charge in [-0.15, -0.1) is 5.10 Å². The minimum absolute atomic E-state index is 0.399. The number of aromatic nitrogens is 4. The second-order valence-electron chi connectivity index (χ2n) is 6.18. The summed E-state index contributed by atoms with van der Waals surface area (Å²) in [4.78, 5) is 4.92. The van der Waals surface area contributed by atoms with Gasteiger partial charge >= 0.3 is 0 Å². The van der Waals surface area contributed by atoms with Gasteiger partial charge in [0.05, 0.1) is 16.2 Å². The zero-order valence-electron chi connectivity index (χ0n) is 15.0. The minimum Gasteiger partial charge on any atom is -0.323 e. The zero-order valence-corrected chi connectivity index (χ0v) is 16.5. The van der Waals surface area contributed by atoms with Gasteiger partial charge in [-0.3, -0.25) is 0 Å². The van der Waals surface area contributed by atoms with Crippen LogP contribution in [0.4, 0.5) is 0 Å². The molecule has 4 nitrogen and oxygen atoms in total. The van der Waals surface area contributed by atoms with Crippen LogP contribution in [0.15, 0.2) is 18.2 Å². The number of halogens is 2. The molecule has 0 N–H and O–H groups in total. The summed E-state index contributed by atoms with van der Waals surface area (Å²) in [5.74, 6) is 1.06. The molecule has 0 amide bonds. The smallest absolute Gasteiger partial charge is 0.122 e. The molecule has 0 fully saturated rings. The van der Waals surface area contributed by atoms with Gasteiger partial charge in [0.1, 0.15) is 17.0 Å². The fraction of sp³-hybridized carbons (Fsp3) is 0.421. The first-order valence-corrected chi connectivity index (χ1v) is 9.46. The Balaban J connectivity index is 2.35. The number of hydrogen-bond acceptors (Lipinski definition) is 3. The monoisotopic (exact) mass is 376 g/mol. The van der Waals surface area contributed by atoms with Crippen molar-refractivity contribution >= 4 is 34.2 Å². The minimum atomic E-state index is 0.399. The Bertz CT molecular complexity index is 913. The predicted molar refractivity (Wildman–Crippen MR) is 105 cm³/mol. The van der Waals surface area contributed by atoms with E-state index in [-0.39, 0.29) is 0 Å². The van der Waals surface area contributed by atoms with E-state index in [0.717, 1.165) is 47.4 Å². The van der Waals surface area contributed by atoms with E-state index in [9.17, 15) is 0 Å². The van der Waals surface area contributed by atoms with Crippen molar-refractivity contribution in [3.05, 3.63) is 39.8 Å². The van der Waals surface area contributed by atoms with Crippen LogP contribution >= 0.6 is 23.2 Å². The van der Waals surface area contributed by atoms with E-state index in [0.29, 0.717) is 21.8 Å². The van der Waals surface area contributed by atoms with Crippen LogP contribution in [0.25, 0.3) is 22.3 Å². The average molecular weight is 377 g/mol. The van der Waals surface area contributed by atoms with E-state index in [1.807, 2.05) is 19.1 Å². The van der Waals surface area contributed by atoms with E-state index in [1.54, 1.807) is 6.07 Å². The fourth-order valence-electron chi connectivity index (χ4n) is 3.37. The highest BCUT2D eigenvalue weighted by atomic mass is 35.5. The lowest BCUT2D eigenvalue weighted by molar-refractivity contribution is 0.467. The fourth-order valence-corrected chi connectivity index (χ4v) is 3.87. The largest absolute Gasteiger partial charge is 0.323 e. The topological polar surface area (TPSA) is 43.6 Å². The molecule has 0 unspecified atom stereocenters. The Kier molecular flexibility index (Phi) is 5.30. The summed E-state index contributed by atoms with van der Waals surface area (Å²) in [7, 11) is 0. The molecule has 25 heavy (non-hydrogen) atoms. The van der Waals surface area contributed by atoms with Gasteiger partial charge in [-0.1, -0.05) is 44.0 Å². The maximum atomic E-state index is 6.41. The lowest BCUT2D eigenvalue weighted by Crippen LogP contribution is -2.11. The summed E-state index contributed by atoms with van der Waals surface area (Å²) in [6, 6.07) is 5.82. The molecule has 0 aliphatic rings. The summed E-state index contributed by atoms with van der Waals surface area (Å²) < 4.78 is 2.34. The molecule has 0 aliphatic heterocycles. The normalized spacial score (nSPS) is 11.6. The van der Waals surface area contributed by atoms with Crippen LogP contribution in [-0.4, -0.2) is 19.7 Å². The lowest BCUT2D eigenvalue weighted by Gasteiger charge is -2.19.